The Balaban J connectivity index is 1.97. The summed E-state index contributed by atoms with van der Waals surface area (Å²) in [6.45, 7) is 0.786. The topological polar surface area (TPSA) is 73.1 Å². The average Bonchev–Trinajstić information content (AvgIpc) is 3.23. The lowest BCUT2D eigenvalue weighted by atomic mass is 10.0. The van der Waals surface area contributed by atoms with Gasteiger partial charge < -0.3 is 10.4 Å². The smallest absolute Gasteiger partial charge is 0.252 e. The molecule has 0 aliphatic heterocycles. The fraction of sp³-hybridized carbons (Fsp3) is 0.467. The van der Waals surface area contributed by atoms with Gasteiger partial charge in [0, 0.05) is 18.0 Å². The molecule has 20 heavy (non-hydrogen) atoms. The molecule has 0 heterocycles. The summed E-state index contributed by atoms with van der Waals surface area (Å²) in [6.07, 6.45) is 2.88. The molecule has 0 aromatic heterocycles. The highest BCUT2D eigenvalue weighted by atomic mass is 32.2. The van der Waals surface area contributed by atoms with Crippen molar-refractivity contribution >= 4 is 17.7 Å². The van der Waals surface area contributed by atoms with E-state index in [4.69, 9.17) is 10.4 Å². The van der Waals surface area contributed by atoms with Crippen LogP contribution in [0.2, 0.25) is 0 Å². The number of thioether (sulfide) groups is 1. The Morgan fingerprint density at radius 2 is 2.20 bits per heavy atom. The number of nitrogens with one attached hydrogen (secondary N) is 1. The number of hydrogen-bond acceptors (Lipinski definition) is 4. The molecule has 5 heteroatoms. The van der Waals surface area contributed by atoms with Crippen LogP contribution in [0.5, 0.6) is 0 Å². The zero-order valence-electron chi connectivity index (χ0n) is 11.3. The number of carbonyl (C=O) groups is 1. The van der Waals surface area contributed by atoms with Crippen LogP contribution >= 0.6 is 11.8 Å². The van der Waals surface area contributed by atoms with Crippen LogP contribution in [0.4, 0.5) is 0 Å². The highest BCUT2D eigenvalue weighted by molar-refractivity contribution is 7.99. The summed E-state index contributed by atoms with van der Waals surface area (Å²) in [4.78, 5) is 13.1. The van der Waals surface area contributed by atoms with E-state index in [-0.39, 0.29) is 17.9 Å². The predicted octanol–water partition coefficient (Wildman–Crippen LogP) is 2.19. The lowest BCUT2D eigenvalue weighted by Crippen LogP contribution is -2.31. The first-order valence-electron chi connectivity index (χ1n) is 6.69. The van der Waals surface area contributed by atoms with E-state index in [0.717, 1.165) is 24.2 Å². The molecule has 1 amide bonds. The molecular formula is C15H18N2O2S. The standard InChI is InChI=1S/C15H18N2O2S/c16-8-10-20-13-4-2-1-3-12(13)14(19)17-11-15(5-6-15)7-9-18/h1-4,18H,5-7,9-11H2,(H,17,19). The van der Waals surface area contributed by atoms with Gasteiger partial charge >= 0.3 is 0 Å². The van der Waals surface area contributed by atoms with Gasteiger partial charge in [0.1, 0.15) is 0 Å². The Hall–Kier alpha value is -1.51. The first-order valence-corrected chi connectivity index (χ1v) is 7.67. The zero-order valence-corrected chi connectivity index (χ0v) is 12.1. The SMILES string of the molecule is N#CCSc1ccccc1C(=O)NCC1(CCO)CC1. The van der Waals surface area contributed by atoms with Crippen molar-refractivity contribution in [1.29, 1.82) is 5.26 Å². The molecule has 1 aromatic carbocycles. The number of carbonyl (C=O) groups excluding carboxylic acids is 1. The van der Waals surface area contributed by atoms with Crippen LogP contribution in [0, 0.1) is 16.7 Å². The van der Waals surface area contributed by atoms with E-state index < -0.39 is 0 Å². The molecule has 1 aliphatic rings. The minimum absolute atomic E-state index is 0.102. The van der Waals surface area contributed by atoms with Crippen molar-refractivity contribution in [2.75, 3.05) is 18.9 Å². The normalized spacial score (nSPS) is 15.4. The second-order valence-corrected chi connectivity index (χ2v) is 6.12. The minimum Gasteiger partial charge on any atom is -0.396 e. The molecule has 1 aliphatic carbocycles. The molecule has 1 saturated carbocycles. The molecule has 106 valence electrons. The number of benzene rings is 1. The Morgan fingerprint density at radius 3 is 2.85 bits per heavy atom. The molecule has 0 atom stereocenters. The van der Waals surface area contributed by atoms with E-state index in [9.17, 15) is 4.79 Å². The van der Waals surface area contributed by atoms with E-state index in [1.165, 1.54) is 11.8 Å². The van der Waals surface area contributed by atoms with E-state index in [1.54, 1.807) is 6.07 Å². The number of aliphatic hydroxyl groups excluding tert-OH is 1. The number of rotatable bonds is 7. The van der Waals surface area contributed by atoms with Gasteiger partial charge in [-0.2, -0.15) is 5.26 Å². The number of hydrogen-bond donors (Lipinski definition) is 2. The minimum atomic E-state index is -0.102. The number of nitriles is 1. The summed E-state index contributed by atoms with van der Waals surface area (Å²) in [6, 6.07) is 9.40. The Morgan fingerprint density at radius 1 is 1.45 bits per heavy atom. The number of amides is 1. The van der Waals surface area contributed by atoms with Gasteiger partial charge in [-0.15, -0.1) is 11.8 Å². The van der Waals surface area contributed by atoms with Gasteiger partial charge in [0.2, 0.25) is 0 Å². The largest absolute Gasteiger partial charge is 0.396 e. The molecule has 0 spiro atoms. The van der Waals surface area contributed by atoms with Crippen LogP contribution in [0.15, 0.2) is 29.2 Å². The van der Waals surface area contributed by atoms with Crippen molar-refractivity contribution in [2.24, 2.45) is 5.41 Å². The van der Waals surface area contributed by atoms with Crippen molar-refractivity contribution in [1.82, 2.24) is 5.32 Å². The van der Waals surface area contributed by atoms with Gasteiger partial charge in [-0.05, 0) is 36.8 Å². The van der Waals surface area contributed by atoms with Crippen molar-refractivity contribution in [3.8, 4) is 6.07 Å². The molecule has 0 unspecified atom stereocenters. The molecule has 0 bridgehead atoms. The molecule has 2 rings (SSSR count). The summed E-state index contributed by atoms with van der Waals surface area (Å²) >= 11 is 1.37. The first kappa shape index (κ1) is 14.9. The summed E-state index contributed by atoms with van der Waals surface area (Å²) in [5, 5.41) is 20.6. The van der Waals surface area contributed by atoms with E-state index in [2.05, 4.69) is 11.4 Å². The van der Waals surface area contributed by atoms with Crippen LogP contribution in [0.25, 0.3) is 0 Å². The van der Waals surface area contributed by atoms with Gasteiger partial charge in [0.25, 0.3) is 5.91 Å². The third kappa shape index (κ3) is 3.75. The second-order valence-electron chi connectivity index (χ2n) is 5.10. The van der Waals surface area contributed by atoms with E-state index in [1.807, 2.05) is 18.2 Å². The third-order valence-corrected chi connectivity index (χ3v) is 4.59. The summed E-state index contributed by atoms with van der Waals surface area (Å²) < 4.78 is 0. The maximum absolute atomic E-state index is 12.2. The summed E-state index contributed by atoms with van der Waals surface area (Å²) in [7, 11) is 0. The van der Waals surface area contributed by atoms with Crippen LogP contribution in [-0.4, -0.2) is 29.9 Å². The highest BCUT2D eigenvalue weighted by Gasteiger charge is 2.41. The third-order valence-electron chi connectivity index (χ3n) is 3.65. The van der Waals surface area contributed by atoms with Gasteiger partial charge in [0.05, 0.1) is 17.4 Å². The number of aliphatic hydroxyl groups is 1. The molecule has 2 N–H and O–H groups in total. The Bertz CT molecular complexity index is 521. The highest BCUT2D eigenvalue weighted by Crippen LogP contribution is 2.47. The second kappa shape index (κ2) is 6.78. The molecule has 4 nitrogen and oxygen atoms in total. The summed E-state index contributed by atoms with van der Waals surface area (Å²) in [5.74, 6) is 0.230. The van der Waals surface area contributed by atoms with Crippen molar-refractivity contribution in [3.63, 3.8) is 0 Å². The van der Waals surface area contributed by atoms with Gasteiger partial charge in [0.15, 0.2) is 0 Å². The predicted molar refractivity (Wildman–Crippen MR) is 78.5 cm³/mol. The van der Waals surface area contributed by atoms with Crippen molar-refractivity contribution in [3.05, 3.63) is 29.8 Å². The van der Waals surface area contributed by atoms with Gasteiger partial charge in [-0.3, -0.25) is 4.79 Å². The fourth-order valence-electron chi connectivity index (χ4n) is 2.18. The van der Waals surface area contributed by atoms with E-state index in [0.29, 0.717) is 17.9 Å². The van der Waals surface area contributed by atoms with Crippen LogP contribution < -0.4 is 5.32 Å². The van der Waals surface area contributed by atoms with Crippen LogP contribution in [0.3, 0.4) is 0 Å². The average molecular weight is 290 g/mol. The molecule has 1 fully saturated rings. The van der Waals surface area contributed by atoms with Crippen LogP contribution in [-0.2, 0) is 0 Å². The maximum atomic E-state index is 12.2. The maximum Gasteiger partial charge on any atom is 0.252 e. The summed E-state index contributed by atoms with van der Waals surface area (Å²) in [5.41, 5.74) is 0.728. The molecular weight excluding hydrogens is 272 g/mol. The fourth-order valence-corrected chi connectivity index (χ4v) is 2.89. The Labute approximate surface area is 123 Å². The van der Waals surface area contributed by atoms with Crippen LogP contribution in [0.1, 0.15) is 29.6 Å². The lowest BCUT2D eigenvalue weighted by molar-refractivity contribution is 0.0938. The Kier molecular flexibility index (Phi) is 5.05. The first-order chi connectivity index (χ1) is 9.71. The van der Waals surface area contributed by atoms with E-state index >= 15 is 0 Å². The lowest BCUT2D eigenvalue weighted by Gasteiger charge is -2.15. The van der Waals surface area contributed by atoms with Crippen molar-refractivity contribution < 1.29 is 9.90 Å². The monoisotopic (exact) mass is 290 g/mol. The molecule has 1 aromatic rings. The molecule has 0 radical (unpaired) electrons. The zero-order chi connectivity index (χ0) is 14.4. The van der Waals surface area contributed by atoms with Crippen molar-refractivity contribution in [2.45, 2.75) is 24.2 Å². The quantitative estimate of drug-likeness (QED) is 0.755. The number of nitrogens with zero attached hydrogens (tertiary/aromatic N) is 1. The van der Waals surface area contributed by atoms with Gasteiger partial charge in [-0.25, -0.2) is 0 Å². The molecule has 0 saturated heterocycles. The van der Waals surface area contributed by atoms with Gasteiger partial charge in [-0.1, -0.05) is 12.1 Å².